The molecule has 0 bridgehead atoms. The fourth-order valence-electron chi connectivity index (χ4n) is 4.81. The van der Waals surface area contributed by atoms with E-state index in [4.69, 9.17) is 22.1 Å². The summed E-state index contributed by atoms with van der Waals surface area (Å²) in [4.78, 5) is 32.8. The summed E-state index contributed by atoms with van der Waals surface area (Å²) in [5.74, 6) is 0.0278. The van der Waals surface area contributed by atoms with Crippen LogP contribution in [0.2, 0.25) is 5.02 Å². The Kier molecular flexibility index (Phi) is 7.64. The molecule has 0 unspecified atom stereocenters. The predicted octanol–water partition coefficient (Wildman–Crippen LogP) is 4.02. The van der Waals surface area contributed by atoms with E-state index in [9.17, 15) is 9.59 Å². The van der Waals surface area contributed by atoms with Gasteiger partial charge in [0.1, 0.15) is 5.82 Å². The molecule has 1 aliphatic heterocycles. The maximum atomic E-state index is 13.2. The standard InChI is InChI=1S/C23H27ClN4O3.ClH/c1-31-21(29)16-7-10-26-20(13-16)28-12-11-27(22(28)30)19-5-8-23(15-25,9-6-19)17-3-2-4-18(24)14-17;/h2-4,7,10,13-14,19H,5-6,8-9,11-12,15,25H2,1H3;1H/t19-,23+;. The number of carbonyl (C=O) groups excluding carboxylic acids is 2. The van der Waals surface area contributed by atoms with E-state index in [1.165, 1.54) is 18.9 Å². The minimum Gasteiger partial charge on any atom is -0.465 e. The lowest BCUT2D eigenvalue weighted by Crippen LogP contribution is -2.47. The number of rotatable bonds is 5. The highest BCUT2D eigenvalue weighted by Crippen LogP contribution is 2.41. The number of hydrogen-bond acceptors (Lipinski definition) is 5. The highest BCUT2D eigenvalue weighted by molar-refractivity contribution is 6.30. The van der Waals surface area contributed by atoms with Gasteiger partial charge in [-0.15, -0.1) is 12.4 Å². The number of ether oxygens (including phenoxy) is 1. The molecule has 1 aromatic carbocycles. The average molecular weight is 479 g/mol. The Morgan fingerprint density at radius 3 is 2.66 bits per heavy atom. The van der Waals surface area contributed by atoms with Crippen molar-refractivity contribution < 1.29 is 14.3 Å². The molecule has 2 fully saturated rings. The molecule has 2 heterocycles. The number of amides is 2. The van der Waals surface area contributed by atoms with E-state index < -0.39 is 5.97 Å². The van der Waals surface area contributed by atoms with Crippen molar-refractivity contribution in [1.29, 1.82) is 0 Å². The van der Waals surface area contributed by atoms with E-state index in [1.807, 2.05) is 23.1 Å². The lowest BCUT2D eigenvalue weighted by atomic mass is 9.68. The zero-order valence-electron chi connectivity index (χ0n) is 18.0. The highest BCUT2D eigenvalue weighted by Gasteiger charge is 2.41. The first-order chi connectivity index (χ1) is 15.0. The number of benzene rings is 1. The van der Waals surface area contributed by atoms with Crippen molar-refractivity contribution in [1.82, 2.24) is 9.88 Å². The third-order valence-corrected chi connectivity index (χ3v) is 6.90. The molecule has 7 nitrogen and oxygen atoms in total. The molecule has 0 spiro atoms. The molecule has 1 aromatic heterocycles. The number of hydrogen-bond donors (Lipinski definition) is 1. The van der Waals surface area contributed by atoms with Crippen LogP contribution in [0.3, 0.4) is 0 Å². The van der Waals surface area contributed by atoms with E-state index in [2.05, 4.69) is 11.1 Å². The van der Waals surface area contributed by atoms with Crippen molar-refractivity contribution in [2.75, 3.05) is 31.6 Å². The van der Waals surface area contributed by atoms with Gasteiger partial charge in [0.25, 0.3) is 0 Å². The fourth-order valence-corrected chi connectivity index (χ4v) is 5.00. The van der Waals surface area contributed by atoms with Crippen LogP contribution < -0.4 is 10.6 Å². The quantitative estimate of drug-likeness (QED) is 0.655. The number of aromatic nitrogens is 1. The molecule has 2 aliphatic rings. The molecule has 1 saturated heterocycles. The van der Waals surface area contributed by atoms with Gasteiger partial charge in [0.2, 0.25) is 0 Å². The first-order valence-electron chi connectivity index (χ1n) is 10.6. The van der Waals surface area contributed by atoms with E-state index in [0.717, 1.165) is 30.7 Å². The Bertz CT molecular complexity index is 979. The maximum absolute atomic E-state index is 13.2. The van der Waals surface area contributed by atoms with Crippen molar-refractivity contribution in [3.05, 3.63) is 58.7 Å². The monoisotopic (exact) mass is 478 g/mol. The van der Waals surface area contributed by atoms with Crippen LogP contribution in [0.1, 0.15) is 41.6 Å². The molecule has 4 rings (SSSR count). The Morgan fingerprint density at radius 2 is 2.00 bits per heavy atom. The number of pyridine rings is 1. The lowest BCUT2D eigenvalue weighted by molar-refractivity contribution is 0.0600. The van der Waals surface area contributed by atoms with E-state index in [0.29, 0.717) is 31.0 Å². The number of halogens is 2. The van der Waals surface area contributed by atoms with Gasteiger partial charge in [0, 0.05) is 42.3 Å². The van der Waals surface area contributed by atoms with Crippen LogP contribution in [0.25, 0.3) is 0 Å². The molecular formula is C23H28Cl2N4O3. The van der Waals surface area contributed by atoms with E-state index in [-0.39, 0.29) is 29.9 Å². The zero-order chi connectivity index (χ0) is 22.0. The molecule has 2 amide bonds. The summed E-state index contributed by atoms with van der Waals surface area (Å²) >= 11 is 6.21. The Morgan fingerprint density at radius 1 is 1.25 bits per heavy atom. The van der Waals surface area contributed by atoms with Gasteiger partial charge in [-0.2, -0.15) is 0 Å². The van der Waals surface area contributed by atoms with Gasteiger partial charge in [0.05, 0.1) is 12.7 Å². The van der Waals surface area contributed by atoms with Gasteiger partial charge < -0.3 is 15.4 Å². The molecule has 9 heteroatoms. The summed E-state index contributed by atoms with van der Waals surface area (Å²) < 4.78 is 4.77. The van der Waals surface area contributed by atoms with Gasteiger partial charge in [-0.1, -0.05) is 23.7 Å². The predicted molar refractivity (Wildman–Crippen MR) is 127 cm³/mol. The smallest absolute Gasteiger partial charge is 0.338 e. The van der Waals surface area contributed by atoms with Crippen molar-refractivity contribution in [3.63, 3.8) is 0 Å². The van der Waals surface area contributed by atoms with Gasteiger partial charge in [-0.3, -0.25) is 4.90 Å². The zero-order valence-corrected chi connectivity index (χ0v) is 19.6. The van der Waals surface area contributed by atoms with Gasteiger partial charge in [-0.25, -0.2) is 14.6 Å². The molecule has 2 N–H and O–H groups in total. The van der Waals surface area contributed by atoms with Crippen LogP contribution in [-0.2, 0) is 10.2 Å². The number of anilines is 1. The van der Waals surface area contributed by atoms with E-state index >= 15 is 0 Å². The first-order valence-corrected chi connectivity index (χ1v) is 10.9. The Balaban J connectivity index is 0.00000289. The molecule has 0 radical (unpaired) electrons. The van der Waals surface area contributed by atoms with Crippen LogP contribution in [0, 0.1) is 0 Å². The highest BCUT2D eigenvalue weighted by atomic mass is 35.5. The van der Waals surface area contributed by atoms with Gasteiger partial charge in [-0.05, 0) is 55.5 Å². The molecule has 2 aromatic rings. The average Bonchev–Trinajstić information content (AvgIpc) is 3.20. The van der Waals surface area contributed by atoms with Crippen LogP contribution in [0.5, 0.6) is 0 Å². The molecule has 32 heavy (non-hydrogen) atoms. The number of carbonyl (C=O) groups is 2. The minimum absolute atomic E-state index is 0. The summed E-state index contributed by atoms with van der Waals surface area (Å²) in [6.07, 6.45) is 5.12. The van der Waals surface area contributed by atoms with Crippen LogP contribution in [-0.4, -0.2) is 54.7 Å². The maximum Gasteiger partial charge on any atom is 0.338 e. The number of nitrogens with zero attached hydrogens (tertiary/aromatic N) is 3. The lowest BCUT2D eigenvalue weighted by Gasteiger charge is -2.42. The minimum atomic E-state index is -0.446. The van der Waals surface area contributed by atoms with Gasteiger partial charge in [0.15, 0.2) is 0 Å². The molecule has 1 aliphatic carbocycles. The van der Waals surface area contributed by atoms with Crippen molar-refractivity contribution in [2.45, 2.75) is 37.1 Å². The Hall–Kier alpha value is -2.35. The normalized spacial score (nSPS) is 23.1. The molecular weight excluding hydrogens is 451 g/mol. The number of esters is 1. The number of nitrogens with two attached hydrogens (primary N) is 1. The second-order valence-electron chi connectivity index (χ2n) is 8.25. The third-order valence-electron chi connectivity index (χ3n) is 6.66. The second kappa shape index (κ2) is 10.1. The summed E-state index contributed by atoms with van der Waals surface area (Å²) in [6, 6.07) is 11.2. The van der Waals surface area contributed by atoms with Crippen molar-refractivity contribution in [3.8, 4) is 0 Å². The van der Waals surface area contributed by atoms with Crippen molar-refractivity contribution in [2.24, 2.45) is 5.73 Å². The molecule has 0 atom stereocenters. The summed E-state index contributed by atoms with van der Waals surface area (Å²) in [5, 5.41) is 0.722. The third kappa shape index (κ3) is 4.56. The first kappa shape index (κ1) is 24.3. The summed E-state index contributed by atoms with van der Waals surface area (Å²) in [6.45, 7) is 1.74. The van der Waals surface area contributed by atoms with Crippen LogP contribution in [0.4, 0.5) is 10.6 Å². The van der Waals surface area contributed by atoms with Crippen LogP contribution in [0.15, 0.2) is 42.6 Å². The number of urea groups is 1. The Labute approximate surface area is 199 Å². The van der Waals surface area contributed by atoms with Gasteiger partial charge >= 0.3 is 12.0 Å². The summed E-state index contributed by atoms with van der Waals surface area (Å²) in [5.41, 5.74) is 7.68. The van der Waals surface area contributed by atoms with Crippen molar-refractivity contribution >= 4 is 41.8 Å². The topological polar surface area (TPSA) is 88.8 Å². The largest absolute Gasteiger partial charge is 0.465 e. The van der Waals surface area contributed by atoms with E-state index in [1.54, 1.807) is 17.0 Å². The summed E-state index contributed by atoms with van der Waals surface area (Å²) in [7, 11) is 1.33. The fraction of sp³-hybridized carbons (Fsp3) is 0.435. The van der Waals surface area contributed by atoms with Crippen LogP contribution >= 0.6 is 24.0 Å². The second-order valence-corrected chi connectivity index (χ2v) is 8.68. The SMILES string of the molecule is COC(=O)c1ccnc(N2CCN([C@H]3CC[C@@](CN)(c4cccc(Cl)c4)CC3)C2=O)c1.Cl. The molecule has 172 valence electrons. The molecule has 1 saturated carbocycles. The number of methoxy groups -OCH3 is 1.